The summed E-state index contributed by atoms with van der Waals surface area (Å²) in [5.41, 5.74) is 6.34. The van der Waals surface area contributed by atoms with Crippen molar-refractivity contribution < 1.29 is 0 Å². The first-order valence-corrected chi connectivity index (χ1v) is 7.89. The van der Waals surface area contributed by atoms with E-state index in [2.05, 4.69) is 62.4 Å². The van der Waals surface area contributed by atoms with E-state index in [4.69, 9.17) is 0 Å². The van der Waals surface area contributed by atoms with Crippen LogP contribution in [0.25, 0.3) is 0 Å². The maximum Gasteiger partial charge on any atom is 0.0748 e. The molecule has 0 spiro atoms. The summed E-state index contributed by atoms with van der Waals surface area (Å²) >= 11 is 0. The van der Waals surface area contributed by atoms with E-state index in [1.54, 1.807) is 0 Å². The maximum atomic E-state index is 4.61. The number of aryl methyl sites for hydroxylation is 4. The number of nitrogens with zero attached hydrogens (tertiary/aromatic N) is 2. The van der Waals surface area contributed by atoms with E-state index >= 15 is 0 Å². The summed E-state index contributed by atoms with van der Waals surface area (Å²) in [6, 6.07) is 9.21. The van der Waals surface area contributed by atoms with Gasteiger partial charge >= 0.3 is 0 Å². The van der Waals surface area contributed by atoms with Crippen LogP contribution in [0.5, 0.6) is 0 Å². The van der Waals surface area contributed by atoms with E-state index in [-0.39, 0.29) is 6.04 Å². The summed E-state index contributed by atoms with van der Waals surface area (Å²) in [4.78, 5) is 0. The lowest BCUT2D eigenvalue weighted by atomic mass is 9.98. The second kappa shape index (κ2) is 6.90. The molecule has 1 unspecified atom stereocenters. The molecule has 2 rings (SSSR count). The highest BCUT2D eigenvalue weighted by Gasteiger charge is 2.18. The fraction of sp³-hybridized carbons (Fsp3) is 0.500. The summed E-state index contributed by atoms with van der Waals surface area (Å²) in [5, 5.41) is 8.28. The molecule has 0 amide bonds. The van der Waals surface area contributed by atoms with Gasteiger partial charge in [-0.3, -0.25) is 4.68 Å². The Morgan fingerprint density at radius 2 is 1.76 bits per heavy atom. The van der Waals surface area contributed by atoms with Crippen molar-refractivity contribution in [3.05, 3.63) is 52.3 Å². The molecule has 2 aromatic rings. The van der Waals surface area contributed by atoms with E-state index in [0.717, 1.165) is 25.1 Å². The standard InChI is InChI=1S/C18H27N3/c1-6-8-19-18(15-10-13(3)9-14(4)11-15)17-12-16(7-2)20-21(17)5/h9-12,18-19H,6-8H2,1-5H3. The van der Waals surface area contributed by atoms with Gasteiger partial charge in [0, 0.05) is 7.05 Å². The molecule has 1 heterocycles. The van der Waals surface area contributed by atoms with Gasteiger partial charge in [0.05, 0.1) is 17.4 Å². The number of benzene rings is 1. The van der Waals surface area contributed by atoms with E-state index in [1.807, 2.05) is 11.7 Å². The molecule has 3 nitrogen and oxygen atoms in total. The van der Waals surface area contributed by atoms with E-state index in [9.17, 15) is 0 Å². The first kappa shape index (κ1) is 15.8. The van der Waals surface area contributed by atoms with Crippen LogP contribution in [0.15, 0.2) is 24.3 Å². The van der Waals surface area contributed by atoms with Gasteiger partial charge in [-0.25, -0.2) is 0 Å². The van der Waals surface area contributed by atoms with Crippen molar-refractivity contribution in [1.82, 2.24) is 15.1 Å². The molecule has 1 aromatic heterocycles. The van der Waals surface area contributed by atoms with Crippen molar-refractivity contribution in [2.75, 3.05) is 6.54 Å². The maximum absolute atomic E-state index is 4.61. The predicted molar refractivity (Wildman–Crippen MR) is 88.6 cm³/mol. The molecule has 1 atom stereocenters. The quantitative estimate of drug-likeness (QED) is 0.877. The highest BCUT2D eigenvalue weighted by Crippen LogP contribution is 2.24. The average molecular weight is 285 g/mol. The Hall–Kier alpha value is -1.61. The number of hydrogen-bond donors (Lipinski definition) is 1. The first-order chi connectivity index (χ1) is 10.0. The fourth-order valence-electron chi connectivity index (χ4n) is 2.84. The summed E-state index contributed by atoms with van der Waals surface area (Å²) in [6.07, 6.45) is 2.10. The smallest absolute Gasteiger partial charge is 0.0748 e. The Labute approximate surface area is 128 Å². The summed E-state index contributed by atoms with van der Waals surface area (Å²) in [6.45, 7) is 9.68. The van der Waals surface area contributed by atoms with Gasteiger partial charge in [-0.2, -0.15) is 5.10 Å². The molecule has 0 bridgehead atoms. The molecule has 0 fully saturated rings. The van der Waals surface area contributed by atoms with Gasteiger partial charge in [0.1, 0.15) is 0 Å². The van der Waals surface area contributed by atoms with Crippen LogP contribution in [0.1, 0.15) is 54.4 Å². The van der Waals surface area contributed by atoms with Crippen LogP contribution in [-0.4, -0.2) is 16.3 Å². The zero-order valence-corrected chi connectivity index (χ0v) is 13.9. The zero-order valence-electron chi connectivity index (χ0n) is 13.9. The molecular weight excluding hydrogens is 258 g/mol. The lowest BCUT2D eigenvalue weighted by Gasteiger charge is -2.20. The molecule has 0 aliphatic heterocycles. The number of aromatic nitrogens is 2. The predicted octanol–water partition coefficient (Wildman–Crippen LogP) is 3.69. The van der Waals surface area contributed by atoms with Gasteiger partial charge < -0.3 is 5.32 Å². The molecule has 1 aromatic carbocycles. The van der Waals surface area contributed by atoms with Crippen molar-refractivity contribution in [2.24, 2.45) is 7.05 Å². The van der Waals surface area contributed by atoms with Crippen LogP contribution in [-0.2, 0) is 13.5 Å². The summed E-state index contributed by atoms with van der Waals surface area (Å²) in [5.74, 6) is 0. The van der Waals surface area contributed by atoms with Crippen molar-refractivity contribution >= 4 is 0 Å². The molecule has 0 radical (unpaired) electrons. The normalized spacial score (nSPS) is 12.6. The highest BCUT2D eigenvalue weighted by molar-refractivity contribution is 5.35. The molecule has 0 aliphatic carbocycles. The Morgan fingerprint density at radius 1 is 1.10 bits per heavy atom. The monoisotopic (exact) mass is 285 g/mol. The summed E-state index contributed by atoms with van der Waals surface area (Å²) in [7, 11) is 2.04. The zero-order chi connectivity index (χ0) is 15.4. The Balaban J connectivity index is 2.43. The van der Waals surface area contributed by atoms with Crippen LogP contribution in [0.2, 0.25) is 0 Å². The number of hydrogen-bond acceptors (Lipinski definition) is 2. The van der Waals surface area contributed by atoms with Gasteiger partial charge in [0.15, 0.2) is 0 Å². The van der Waals surface area contributed by atoms with E-state index < -0.39 is 0 Å². The average Bonchev–Trinajstić information content (AvgIpc) is 2.80. The highest BCUT2D eigenvalue weighted by atomic mass is 15.3. The van der Waals surface area contributed by atoms with Crippen molar-refractivity contribution in [3.8, 4) is 0 Å². The Morgan fingerprint density at radius 3 is 2.29 bits per heavy atom. The molecule has 21 heavy (non-hydrogen) atoms. The molecule has 3 heteroatoms. The third kappa shape index (κ3) is 3.73. The van der Waals surface area contributed by atoms with Gasteiger partial charge in [0.25, 0.3) is 0 Å². The fourth-order valence-corrected chi connectivity index (χ4v) is 2.84. The van der Waals surface area contributed by atoms with Crippen molar-refractivity contribution in [1.29, 1.82) is 0 Å². The number of rotatable bonds is 6. The molecule has 0 aliphatic rings. The lowest BCUT2D eigenvalue weighted by molar-refractivity contribution is 0.552. The van der Waals surface area contributed by atoms with Gasteiger partial charge in [0.2, 0.25) is 0 Å². The molecule has 0 saturated carbocycles. The Kier molecular flexibility index (Phi) is 5.18. The van der Waals surface area contributed by atoms with Crippen LogP contribution in [0.3, 0.4) is 0 Å². The Bertz CT molecular complexity index is 578. The van der Waals surface area contributed by atoms with E-state index in [1.165, 1.54) is 22.4 Å². The van der Waals surface area contributed by atoms with Gasteiger partial charge in [-0.15, -0.1) is 0 Å². The van der Waals surface area contributed by atoms with Crippen LogP contribution in [0.4, 0.5) is 0 Å². The molecular formula is C18H27N3. The second-order valence-corrected chi connectivity index (χ2v) is 5.85. The van der Waals surface area contributed by atoms with E-state index in [0.29, 0.717) is 0 Å². The SMILES string of the molecule is CCCNC(c1cc(C)cc(C)c1)c1cc(CC)nn1C. The van der Waals surface area contributed by atoms with Crippen LogP contribution in [0, 0.1) is 13.8 Å². The molecule has 114 valence electrons. The lowest BCUT2D eigenvalue weighted by Crippen LogP contribution is -2.25. The van der Waals surface area contributed by atoms with Crippen LogP contribution >= 0.6 is 0 Å². The molecule has 1 N–H and O–H groups in total. The largest absolute Gasteiger partial charge is 0.305 e. The minimum atomic E-state index is 0.210. The third-order valence-corrected chi connectivity index (χ3v) is 3.80. The van der Waals surface area contributed by atoms with Gasteiger partial charge in [-0.05, 0) is 44.9 Å². The number of nitrogens with one attached hydrogen (secondary N) is 1. The van der Waals surface area contributed by atoms with Crippen molar-refractivity contribution in [2.45, 2.75) is 46.6 Å². The minimum Gasteiger partial charge on any atom is -0.305 e. The van der Waals surface area contributed by atoms with Crippen LogP contribution < -0.4 is 5.32 Å². The second-order valence-electron chi connectivity index (χ2n) is 5.85. The summed E-state index contributed by atoms with van der Waals surface area (Å²) < 4.78 is 2.02. The van der Waals surface area contributed by atoms with Gasteiger partial charge in [-0.1, -0.05) is 43.2 Å². The third-order valence-electron chi connectivity index (χ3n) is 3.80. The molecule has 0 saturated heterocycles. The first-order valence-electron chi connectivity index (χ1n) is 7.89. The minimum absolute atomic E-state index is 0.210. The topological polar surface area (TPSA) is 29.9 Å². The van der Waals surface area contributed by atoms with Crippen molar-refractivity contribution in [3.63, 3.8) is 0 Å².